The lowest BCUT2D eigenvalue weighted by molar-refractivity contribution is 0.201. The number of tetrazole rings is 1. The average molecular weight is 346 g/mol. The second-order valence-corrected chi connectivity index (χ2v) is 5.94. The third-order valence-corrected chi connectivity index (χ3v) is 4.26. The number of hydrogen-bond acceptors (Lipinski definition) is 5. The Hall–Kier alpha value is -3.41. The number of hydrogen-bond donors (Lipinski definition) is 0. The van der Waals surface area contributed by atoms with Crippen LogP contribution in [0.1, 0.15) is 18.6 Å². The Labute approximate surface area is 151 Å². The number of nitrogens with zero attached hydrogens (tertiary/aromatic N) is 4. The van der Waals surface area contributed by atoms with Crippen molar-refractivity contribution in [3.8, 4) is 17.4 Å². The van der Waals surface area contributed by atoms with Crippen LogP contribution >= 0.6 is 0 Å². The molecule has 4 aromatic rings. The van der Waals surface area contributed by atoms with Crippen LogP contribution < -0.4 is 9.47 Å². The molecule has 0 aliphatic rings. The van der Waals surface area contributed by atoms with E-state index in [2.05, 4.69) is 27.7 Å². The third kappa shape index (κ3) is 3.09. The first-order valence-electron chi connectivity index (χ1n) is 8.33. The van der Waals surface area contributed by atoms with Crippen molar-refractivity contribution in [1.29, 1.82) is 0 Å². The molecule has 1 aromatic heterocycles. The summed E-state index contributed by atoms with van der Waals surface area (Å²) in [7, 11) is 1.67. The minimum Gasteiger partial charge on any atom is -0.497 e. The van der Waals surface area contributed by atoms with Crippen molar-refractivity contribution in [3.05, 3.63) is 72.3 Å². The average Bonchev–Trinajstić information content (AvgIpc) is 3.15. The molecule has 0 saturated heterocycles. The summed E-state index contributed by atoms with van der Waals surface area (Å²) < 4.78 is 12.9. The Morgan fingerprint density at radius 3 is 2.50 bits per heavy atom. The molecule has 1 heterocycles. The molecule has 0 saturated carbocycles. The van der Waals surface area contributed by atoms with E-state index >= 15 is 0 Å². The SMILES string of the molecule is COc1ccc2cc(C(C)Oc3nnnn3-c3ccccc3)ccc2c1. The first kappa shape index (κ1) is 16.1. The van der Waals surface area contributed by atoms with Gasteiger partial charge in [-0.15, -0.1) is 0 Å². The molecule has 6 nitrogen and oxygen atoms in total. The van der Waals surface area contributed by atoms with E-state index in [9.17, 15) is 0 Å². The van der Waals surface area contributed by atoms with Crippen molar-refractivity contribution < 1.29 is 9.47 Å². The topological polar surface area (TPSA) is 62.1 Å². The summed E-state index contributed by atoms with van der Waals surface area (Å²) in [4.78, 5) is 0. The van der Waals surface area contributed by atoms with Crippen LogP contribution in [-0.4, -0.2) is 27.3 Å². The van der Waals surface area contributed by atoms with Gasteiger partial charge in [0.1, 0.15) is 11.9 Å². The lowest BCUT2D eigenvalue weighted by Gasteiger charge is -2.15. The number of fused-ring (bicyclic) bond motifs is 1. The molecule has 0 N–H and O–H groups in total. The minimum absolute atomic E-state index is 0.199. The van der Waals surface area contributed by atoms with Gasteiger partial charge in [0.2, 0.25) is 0 Å². The van der Waals surface area contributed by atoms with E-state index in [4.69, 9.17) is 9.47 Å². The molecule has 6 heteroatoms. The second kappa shape index (κ2) is 6.84. The van der Waals surface area contributed by atoms with Gasteiger partial charge in [-0.25, -0.2) is 0 Å². The summed E-state index contributed by atoms with van der Waals surface area (Å²) in [6, 6.07) is 22.2. The fourth-order valence-corrected chi connectivity index (χ4v) is 2.83. The molecule has 0 aliphatic heterocycles. The lowest BCUT2D eigenvalue weighted by Crippen LogP contribution is -2.08. The van der Waals surface area contributed by atoms with Crippen molar-refractivity contribution in [2.75, 3.05) is 7.11 Å². The first-order valence-corrected chi connectivity index (χ1v) is 8.33. The molecular formula is C20H18N4O2. The van der Waals surface area contributed by atoms with Gasteiger partial charge in [-0.2, -0.15) is 4.68 Å². The molecule has 0 aliphatic carbocycles. The molecular weight excluding hydrogens is 328 g/mol. The maximum atomic E-state index is 6.02. The van der Waals surface area contributed by atoms with Gasteiger partial charge in [0.25, 0.3) is 0 Å². The molecule has 1 atom stereocenters. The van der Waals surface area contributed by atoms with Gasteiger partial charge in [0, 0.05) is 0 Å². The first-order chi connectivity index (χ1) is 12.7. The van der Waals surface area contributed by atoms with Gasteiger partial charge in [-0.1, -0.05) is 41.5 Å². The van der Waals surface area contributed by atoms with Crippen LogP contribution in [0.2, 0.25) is 0 Å². The van der Waals surface area contributed by atoms with Crippen molar-refractivity contribution >= 4 is 10.8 Å². The monoisotopic (exact) mass is 346 g/mol. The number of benzene rings is 3. The summed E-state index contributed by atoms with van der Waals surface area (Å²) in [5, 5.41) is 14.0. The highest BCUT2D eigenvalue weighted by Crippen LogP contribution is 2.26. The summed E-state index contributed by atoms with van der Waals surface area (Å²) in [6.45, 7) is 1.98. The van der Waals surface area contributed by atoms with Crippen LogP contribution in [0, 0.1) is 0 Å². The zero-order chi connectivity index (χ0) is 17.9. The van der Waals surface area contributed by atoms with Gasteiger partial charge in [0.15, 0.2) is 0 Å². The van der Waals surface area contributed by atoms with Gasteiger partial charge in [0.05, 0.1) is 12.8 Å². The second-order valence-electron chi connectivity index (χ2n) is 5.94. The molecule has 26 heavy (non-hydrogen) atoms. The smallest absolute Gasteiger partial charge is 0.340 e. The van der Waals surface area contributed by atoms with Crippen LogP contribution in [0.25, 0.3) is 16.5 Å². The number of rotatable bonds is 5. The Balaban J connectivity index is 1.60. The normalized spacial score (nSPS) is 12.1. The van der Waals surface area contributed by atoms with Crippen LogP contribution in [0.15, 0.2) is 66.7 Å². The molecule has 4 rings (SSSR count). The summed E-state index contributed by atoms with van der Waals surface area (Å²) in [5.41, 5.74) is 1.90. The van der Waals surface area contributed by atoms with E-state index in [0.29, 0.717) is 6.01 Å². The molecule has 0 fully saturated rings. The number of ether oxygens (including phenoxy) is 2. The molecule has 0 amide bonds. The predicted octanol–water partition coefficient (Wildman–Crippen LogP) is 3.96. The minimum atomic E-state index is -0.199. The number of methoxy groups -OCH3 is 1. The maximum absolute atomic E-state index is 6.02. The Morgan fingerprint density at radius 2 is 1.69 bits per heavy atom. The van der Waals surface area contributed by atoms with E-state index in [1.165, 1.54) is 0 Å². The van der Waals surface area contributed by atoms with Gasteiger partial charge in [-0.3, -0.25) is 0 Å². The molecule has 1 unspecified atom stereocenters. The van der Waals surface area contributed by atoms with Crippen molar-refractivity contribution in [1.82, 2.24) is 20.2 Å². The number of aromatic nitrogens is 4. The fourth-order valence-electron chi connectivity index (χ4n) is 2.83. The van der Waals surface area contributed by atoms with Crippen LogP contribution in [0.5, 0.6) is 11.8 Å². The molecule has 130 valence electrons. The van der Waals surface area contributed by atoms with E-state index in [1.807, 2.05) is 61.5 Å². The lowest BCUT2D eigenvalue weighted by atomic mass is 10.0. The quantitative estimate of drug-likeness (QED) is 0.547. The van der Waals surface area contributed by atoms with Crippen LogP contribution in [0.3, 0.4) is 0 Å². The third-order valence-electron chi connectivity index (χ3n) is 4.26. The summed E-state index contributed by atoms with van der Waals surface area (Å²) in [5.74, 6) is 0.844. The van der Waals surface area contributed by atoms with Crippen molar-refractivity contribution in [3.63, 3.8) is 0 Å². The van der Waals surface area contributed by atoms with Crippen molar-refractivity contribution in [2.24, 2.45) is 0 Å². The van der Waals surface area contributed by atoms with Crippen molar-refractivity contribution in [2.45, 2.75) is 13.0 Å². The van der Waals surface area contributed by atoms with Gasteiger partial charge in [-0.05, 0) is 64.0 Å². The highest BCUT2D eigenvalue weighted by atomic mass is 16.5. The van der Waals surface area contributed by atoms with Crippen LogP contribution in [-0.2, 0) is 0 Å². The summed E-state index contributed by atoms with van der Waals surface area (Å²) in [6.07, 6.45) is -0.199. The van der Waals surface area contributed by atoms with E-state index in [0.717, 1.165) is 27.8 Å². The zero-order valence-corrected chi connectivity index (χ0v) is 14.5. The van der Waals surface area contributed by atoms with Crippen LogP contribution in [0.4, 0.5) is 0 Å². The molecule has 0 bridgehead atoms. The van der Waals surface area contributed by atoms with E-state index in [-0.39, 0.29) is 6.10 Å². The Kier molecular flexibility index (Phi) is 4.23. The summed E-state index contributed by atoms with van der Waals surface area (Å²) >= 11 is 0. The molecule has 0 spiro atoms. The van der Waals surface area contributed by atoms with Gasteiger partial charge >= 0.3 is 6.01 Å². The standard InChI is InChI=1S/C20H18N4O2/c1-14(15-8-9-17-13-19(25-2)11-10-16(17)12-15)26-20-21-22-23-24(20)18-6-4-3-5-7-18/h3-14H,1-2H3. The maximum Gasteiger partial charge on any atom is 0.340 e. The highest BCUT2D eigenvalue weighted by Gasteiger charge is 2.15. The number of para-hydroxylation sites is 1. The van der Waals surface area contributed by atoms with Gasteiger partial charge < -0.3 is 9.47 Å². The fraction of sp³-hybridized carbons (Fsp3) is 0.150. The van der Waals surface area contributed by atoms with E-state index < -0.39 is 0 Å². The highest BCUT2D eigenvalue weighted by molar-refractivity contribution is 5.84. The molecule has 0 radical (unpaired) electrons. The molecule has 3 aromatic carbocycles. The Morgan fingerprint density at radius 1 is 0.923 bits per heavy atom. The predicted molar refractivity (Wildman–Crippen MR) is 98.7 cm³/mol. The van der Waals surface area contributed by atoms with E-state index in [1.54, 1.807) is 11.8 Å². The Bertz CT molecular complexity index is 1030. The zero-order valence-electron chi connectivity index (χ0n) is 14.5. The largest absolute Gasteiger partial charge is 0.497 e.